The van der Waals surface area contributed by atoms with Crippen molar-refractivity contribution in [2.75, 3.05) is 5.73 Å². The van der Waals surface area contributed by atoms with E-state index in [2.05, 4.69) is 0 Å². The molecular formula is C16H12F3NO2. The predicted octanol–water partition coefficient (Wildman–Crippen LogP) is 3.91. The summed E-state index contributed by atoms with van der Waals surface area (Å²) >= 11 is 0. The Morgan fingerprint density at radius 1 is 1.05 bits per heavy atom. The van der Waals surface area contributed by atoms with Crippen molar-refractivity contribution in [3.05, 3.63) is 65.2 Å². The number of anilines is 1. The van der Waals surface area contributed by atoms with E-state index in [9.17, 15) is 23.1 Å². The summed E-state index contributed by atoms with van der Waals surface area (Å²) in [5.41, 5.74) is 5.81. The van der Waals surface area contributed by atoms with Crippen LogP contribution in [-0.2, 0) is 11.0 Å². The lowest BCUT2D eigenvalue weighted by Crippen LogP contribution is -2.05. The average molecular weight is 307 g/mol. The average Bonchev–Trinajstić information content (AvgIpc) is 2.45. The Hall–Kier alpha value is -2.76. The van der Waals surface area contributed by atoms with E-state index in [1.165, 1.54) is 6.08 Å². The highest BCUT2D eigenvalue weighted by Crippen LogP contribution is 2.30. The van der Waals surface area contributed by atoms with Crippen molar-refractivity contribution in [2.45, 2.75) is 6.18 Å². The van der Waals surface area contributed by atoms with Gasteiger partial charge in [0.1, 0.15) is 0 Å². The third-order valence-electron chi connectivity index (χ3n) is 3.05. The molecule has 0 aliphatic heterocycles. The Kier molecular flexibility index (Phi) is 4.21. The summed E-state index contributed by atoms with van der Waals surface area (Å²) < 4.78 is 37.6. The molecule has 3 nitrogen and oxygen atoms in total. The van der Waals surface area contributed by atoms with Gasteiger partial charge in [0.15, 0.2) is 0 Å². The summed E-state index contributed by atoms with van der Waals surface area (Å²) in [6, 6.07) is 10.6. The van der Waals surface area contributed by atoms with Crippen LogP contribution in [0, 0.1) is 0 Å². The largest absolute Gasteiger partial charge is 0.478 e. The lowest BCUT2D eigenvalue weighted by atomic mass is 10.0. The summed E-state index contributed by atoms with van der Waals surface area (Å²) in [6.45, 7) is 0. The van der Waals surface area contributed by atoms with Crippen molar-refractivity contribution in [3.63, 3.8) is 0 Å². The van der Waals surface area contributed by atoms with Crippen molar-refractivity contribution in [2.24, 2.45) is 0 Å². The topological polar surface area (TPSA) is 63.3 Å². The van der Waals surface area contributed by atoms with Crippen molar-refractivity contribution in [1.29, 1.82) is 0 Å². The molecule has 0 saturated carbocycles. The van der Waals surface area contributed by atoms with Crippen LogP contribution in [0.2, 0.25) is 0 Å². The van der Waals surface area contributed by atoms with Gasteiger partial charge in [-0.1, -0.05) is 30.3 Å². The molecule has 0 spiro atoms. The molecule has 0 aromatic heterocycles. The summed E-state index contributed by atoms with van der Waals surface area (Å²) in [4.78, 5) is 11.4. The van der Waals surface area contributed by atoms with Crippen molar-refractivity contribution in [1.82, 2.24) is 0 Å². The zero-order chi connectivity index (χ0) is 16.3. The Labute approximate surface area is 124 Å². The maximum atomic E-state index is 12.5. The zero-order valence-corrected chi connectivity index (χ0v) is 11.3. The van der Waals surface area contributed by atoms with Crippen molar-refractivity contribution in [3.8, 4) is 0 Å². The molecule has 0 radical (unpaired) electrons. The second kappa shape index (κ2) is 5.93. The van der Waals surface area contributed by atoms with Gasteiger partial charge < -0.3 is 10.8 Å². The summed E-state index contributed by atoms with van der Waals surface area (Å²) in [6.07, 6.45) is -3.13. The molecule has 22 heavy (non-hydrogen) atoms. The fourth-order valence-electron chi connectivity index (χ4n) is 1.91. The van der Waals surface area contributed by atoms with Gasteiger partial charge in [0.25, 0.3) is 0 Å². The van der Waals surface area contributed by atoms with Gasteiger partial charge in [-0.3, -0.25) is 0 Å². The maximum Gasteiger partial charge on any atom is 0.416 e. The van der Waals surface area contributed by atoms with E-state index in [-0.39, 0.29) is 11.1 Å². The van der Waals surface area contributed by atoms with E-state index in [0.717, 1.165) is 24.3 Å². The molecule has 0 saturated heterocycles. The van der Waals surface area contributed by atoms with Gasteiger partial charge in [0.05, 0.1) is 11.1 Å². The Morgan fingerprint density at radius 3 is 2.14 bits per heavy atom. The number of carbonyl (C=O) groups is 1. The van der Waals surface area contributed by atoms with Crippen LogP contribution in [-0.4, -0.2) is 11.1 Å². The monoisotopic (exact) mass is 307 g/mol. The SMILES string of the molecule is Nc1ccccc1/C=C(/C(=O)O)c1ccc(C(F)(F)F)cc1. The predicted molar refractivity (Wildman–Crippen MR) is 77.8 cm³/mol. The fraction of sp³-hybridized carbons (Fsp3) is 0.0625. The van der Waals surface area contributed by atoms with Gasteiger partial charge in [0.2, 0.25) is 0 Å². The van der Waals surface area contributed by atoms with Crippen LogP contribution in [0.25, 0.3) is 11.6 Å². The second-order valence-electron chi connectivity index (χ2n) is 4.57. The molecule has 0 fully saturated rings. The van der Waals surface area contributed by atoms with E-state index in [4.69, 9.17) is 5.73 Å². The Balaban J connectivity index is 2.45. The number of carboxylic acid groups (broad SMARTS) is 1. The van der Waals surface area contributed by atoms with E-state index in [1.807, 2.05) is 0 Å². The van der Waals surface area contributed by atoms with Crippen LogP contribution in [0.4, 0.5) is 18.9 Å². The Morgan fingerprint density at radius 2 is 1.64 bits per heavy atom. The third kappa shape index (κ3) is 3.46. The van der Waals surface area contributed by atoms with E-state index < -0.39 is 17.7 Å². The molecular weight excluding hydrogens is 295 g/mol. The van der Waals surface area contributed by atoms with Crippen molar-refractivity contribution >= 4 is 23.3 Å². The molecule has 0 aliphatic carbocycles. The molecule has 6 heteroatoms. The number of nitrogens with two attached hydrogens (primary N) is 1. The highest BCUT2D eigenvalue weighted by atomic mass is 19.4. The molecule has 0 bridgehead atoms. The molecule has 2 rings (SSSR count). The molecule has 2 aromatic carbocycles. The number of para-hydroxylation sites is 1. The minimum Gasteiger partial charge on any atom is -0.478 e. The van der Waals surface area contributed by atoms with Crippen LogP contribution < -0.4 is 5.73 Å². The van der Waals surface area contributed by atoms with Gasteiger partial charge in [0, 0.05) is 5.69 Å². The quantitative estimate of drug-likeness (QED) is 0.513. The number of halogens is 3. The maximum absolute atomic E-state index is 12.5. The van der Waals surface area contributed by atoms with E-state index in [1.54, 1.807) is 24.3 Å². The standard InChI is InChI=1S/C16H12F3NO2/c17-16(18,19)12-7-5-10(6-8-12)13(15(21)22)9-11-3-1-2-4-14(11)20/h1-9H,20H2,(H,21,22)/b13-9+. The number of alkyl halides is 3. The first-order chi connectivity index (χ1) is 10.3. The highest BCUT2D eigenvalue weighted by molar-refractivity contribution is 6.21. The first kappa shape index (κ1) is 15.6. The number of carboxylic acids is 1. The lowest BCUT2D eigenvalue weighted by molar-refractivity contribution is -0.137. The zero-order valence-electron chi connectivity index (χ0n) is 11.3. The van der Waals surface area contributed by atoms with Gasteiger partial charge >= 0.3 is 12.1 Å². The summed E-state index contributed by atoms with van der Waals surface area (Å²) in [5, 5.41) is 9.28. The molecule has 0 amide bonds. The Bertz CT molecular complexity index is 719. The lowest BCUT2D eigenvalue weighted by Gasteiger charge is -2.09. The molecule has 0 heterocycles. The van der Waals surface area contributed by atoms with Crippen LogP contribution in [0.5, 0.6) is 0 Å². The molecule has 114 valence electrons. The summed E-state index contributed by atoms with van der Waals surface area (Å²) in [5.74, 6) is -1.25. The van der Waals surface area contributed by atoms with Gasteiger partial charge in [-0.25, -0.2) is 4.79 Å². The van der Waals surface area contributed by atoms with Gasteiger partial charge in [-0.2, -0.15) is 13.2 Å². The van der Waals surface area contributed by atoms with Crippen LogP contribution >= 0.6 is 0 Å². The number of benzene rings is 2. The van der Waals surface area contributed by atoms with Crippen LogP contribution in [0.3, 0.4) is 0 Å². The van der Waals surface area contributed by atoms with Gasteiger partial charge in [-0.05, 0) is 35.4 Å². The van der Waals surface area contributed by atoms with Gasteiger partial charge in [-0.15, -0.1) is 0 Å². The normalized spacial score (nSPS) is 12.2. The second-order valence-corrected chi connectivity index (χ2v) is 4.57. The number of hydrogen-bond donors (Lipinski definition) is 2. The third-order valence-corrected chi connectivity index (χ3v) is 3.05. The molecule has 0 atom stereocenters. The van der Waals surface area contributed by atoms with E-state index >= 15 is 0 Å². The molecule has 2 aromatic rings. The minimum atomic E-state index is -4.46. The first-order valence-corrected chi connectivity index (χ1v) is 6.26. The smallest absolute Gasteiger partial charge is 0.416 e. The number of rotatable bonds is 3. The molecule has 0 aliphatic rings. The highest BCUT2D eigenvalue weighted by Gasteiger charge is 2.30. The number of hydrogen-bond acceptors (Lipinski definition) is 2. The first-order valence-electron chi connectivity index (χ1n) is 6.26. The van der Waals surface area contributed by atoms with Crippen LogP contribution in [0.15, 0.2) is 48.5 Å². The van der Waals surface area contributed by atoms with Crippen LogP contribution in [0.1, 0.15) is 16.7 Å². The van der Waals surface area contributed by atoms with E-state index in [0.29, 0.717) is 11.3 Å². The fourth-order valence-corrected chi connectivity index (χ4v) is 1.91. The minimum absolute atomic E-state index is 0.133. The molecule has 0 unspecified atom stereocenters. The van der Waals surface area contributed by atoms with Crippen molar-refractivity contribution < 1.29 is 23.1 Å². The number of nitrogen functional groups attached to an aromatic ring is 1. The number of aliphatic carboxylic acids is 1. The summed E-state index contributed by atoms with van der Waals surface area (Å²) in [7, 11) is 0. The molecule has 3 N–H and O–H groups in total.